The Bertz CT molecular complexity index is 1900. The fourth-order valence-electron chi connectivity index (χ4n) is 7.25. The van der Waals surface area contributed by atoms with Crippen molar-refractivity contribution in [2.45, 2.75) is 38.6 Å². The molecule has 0 saturated carbocycles. The molecule has 0 saturated heterocycles. The molecular weight excluding hydrogens is 484 g/mol. The van der Waals surface area contributed by atoms with E-state index in [1.54, 1.807) is 0 Å². The number of aryl methyl sites for hydroxylation is 2. The molecule has 2 atom stereocenters. The quantitative estimate of drug-likeness (QED) is 0.232. The third kappa shape index (κ3) is 3.42. The lowest BCUT2D eigenvalue weighted by atomic mass is 9.91. The molecule has 0 N–H and O–H groups in total. The van der Waals surface area contributed by atoms with Gasteiger partial charge in [-0.05, 0) is 90.9 Å². The van der Waals surface area contributed by atoms with Gasteiger partial charge in [-0.25, -0.2) is 0 Å². The first-order valence-corrected chi connectivity index (χ1v) is 14.4. The van der Waals surface area contributed by atoms with Crippen LogP contribution in [0.3, 0.4) is 0 Å². The van der Waals surface area contributed by atoms with Gasteiger partial charge in [0.05, 0.1) is 11.6 Å². The highest BCUT2D eigenvalue weighted by Gasteiger charge is 2.37. The van der Waals surface area contributed by atoms with Gasteiger partial charge in [0.2, 0.25) is 0 Å². The Labute approximate surface area is 236 Å². The number of aromatic nitrogens is 1. The summed E-state index contributed by atoms with van der Waals surface area (Å²) in [5, 5.41) is 1.34. The van der Waals surface area contributed by atoms with Gasteiger partial charge >= 0.3 is 0 Å². The summed E-state index contributed by atoms with van der Waals surface area (Å²) in [6, 6.07) is 32.0. The fraction of sp³-hybridized carbons (Fsp3) is 0.158. The summed E-state index contributed by atoms with van der Waals surface area (Å²) in [7, 11) is 0. The van der Waals surface area contributed by atoms with E-state index < -0.39 is 0 Å². The molecule has 0 bridgehead atoms. The van der Waals surface area contributed by atoms with Crippen LogP contribution < -0.4 is 4.90 Å². The zero-order chi connectivity index (χ0) is 26.8. The average Bonchev–Trinajstić information content (AvgIpc) is 3.51. The Morgan fingerprint density at radius 2 is 1.45 bits per heavy atom. The lowest BCUT2D eigenvalue weighted by Gasteiger charge is -2.29. The standard InChI is InChI=1S/C38H32N2/c1-25-23-27(39-35-15-7-3-11-31(35)32-12-4-8-16-36(32)39)19-21-29(25)30-22-20-28(24-26(30)2)40-37-17-9-5-13-33(37)34-14-6-10-18-38(34)40/h3-9,11-17,19-24,31,35H,10,18H2,1-2H3. The SMILES string of the molecule is Cc1cc(N2c3ccccc3C3C=CC=CC32)ccc1-c1ccc(-n2c3c(c4ccccc42)C=CCC3)cc1C. The lowest BCUT2D eigenvalue weighted by Crippen LogP contribution is -2.28. The molecule has 40 heavy (non-hydrogen) atoms. The van der Waals surface area contributed by atoms with E-state index in [0.717, 1.165) is 12.8 Å². The Hall–Kier alpha value is -4.56. The first-order chi connectivity index (χ1) is 19.7. The molecule has 4 aromatic carbocycles. The minimum Gasteiger partial charge on any atom is -0.333 e. The van der Waals surface area contributed by atoms with Crippen LogP contribution in [0.2, 0.25) is 0 Å². The summed E-state index contributed by atoms with van der Waals surface area (Å²) in [5.41, 5.74) is 14.6. The van der Waals surface area contributed by atoms with Crippen LogP contribution in [0.5, 0.6) is 0 Å². The Morgan fingerprint density at radius 1 is 0.725 bits per heavy atom. The van der Waals surface area contributed by atoms with Crippen LogP contribution in [0, 0.1) is 13.8 Å². The smallest absolute Gasteiger partial charge is 0.0629 e. The van der Waals surface area contributed by atoms with E-state index in [0.29, 0.717) is 12.0 Å². The maximum atomic E-state index is 2.52. The summed E-state index contributed by atoms with van der Waals surface area (Å²) >= 11 is 0. The van der Waals surface area contributed by atoms with Crippen LogP contribution in [-0.4, -0.2) is 10.6 Å². The number of hydrogen-bond acceptors (Lipinski definition) is 1. The lowest BCUT2D eigenvalue weighted by molar-refractivity contribution is 0.744. The minimum absolute atomic E-state index is 0.325. The molecular formula is C38H32N2. The van der Waals surface area contributed by atoms with E-state index in [4.69, 9.17) is 0 Å². The summed E-state index contributed by atoms with van der Waals surface area (Å²) < 4.78 is 2.48. The van der Waals surface area contributed by atoms with Gasteiger partial charge in [-0.3, -0.25) is 0 Å². The number of nitrogens with zero attached hydrogens (tertiary/aromatic N) is 2. The largest absolute Gasteiger partial charge is 0.333 e. The normalized spacial score (nSPS) is 18.7. The van der Waals surface area contributed by atoms with Crippen LogP contribution in [0.4, 0.5) is 11.4 Å². The van der Waals surface area contributed by atoms with E-state index in [9.17, 15) is 0 Å². The van der Waals surface area contributed by atoms with Gasteiger partial charge in [0.1, 0.15) is 0 Å². The van der Waals surface area contributed by atoms with Crippen molar-refractivity contribution in [2.75, 3.05) is 4.90 Å². The highest BCUT2D eigenvalue weighted by molar-refractivity contribution is 5.93. The molecule has 0 radical (unpaired) electrons. The van der Waals surface area contributed by atoms with Crippen LogP contribution in [0.1, 0.15) is 40.3 Å². The Kier molecular flexibility index (Phi) is 5.25. The number of allylic oxidation sites excluding steroid dienone is 3. The second kappa shape index (κ2) is 8.99. The van der Waals surface area contributed by atoms with E-state index in [-0.39, 0.29) is 0 Å². The fourth-order valence-corrected chi connectivity index (χ4v) is 7.25. The summed E-state index contributed by atoms with van der Waals surface area (Å²) in [4.78, 5) is 2.52. The number of rotatable bonds is 3. The molecule has 2 heteroatoms. The molecule has 2 unspecified atom stereocenters. The van der Waals surface area contributed by atoms with E-state index in [1.165, 1.54) is 67.0 Å². The van der Waals surface area contributed by atoms with Gasteiger partial charge in [0, 0.05) is 39.6 Å². The molecule has 0 amide bonds. The molecule has 0 fully saturated rings. The number of benzene rings is 4. The van der Waals surface area contributed by atoms with Crippen LogP contribution in [0.15, 0.2) is 115 Å². The number of fused-ring (bicyclic) bond motifs is 6. The molecule has 1 aliphatic heterocycles. The van der Waals surface area contributed by atoms with Crippen LogP contribution in [-0.2, 0) is 6.42 Å². The zero-order valence-corrected chi connectivity index (χ0v) is 23.0. The number of hydrogen-bond donors (Lipinski definition) is 0. The van der Waals surface area contributed by atoms with Gasteiger partial charge in [-0.1, -0.05) is 85.0 Å². The highest BCUT2D eigenvalue weighted by atomic mass is 15.2. The van der Waals surface area contributed by atoms with Gasteiger partial charge in [0.25, 0.3) is 0 Å². The Balaban J connectivity index is 1.18. The van der Waals surface area contributed by atoms with Crippen molar-refractivity contribution in [1.82, 2.24) is 4.57 Å². The third-order valence-electron chi connectivity index (χ3n) is 9.05. The van der Waals surface area contributed by atoms with Crippen molar-refractivity contribution in [2.24, 2.45) is 0 Å². The zero-order valence-electron chi connectivity index (χ0n) is 23.0. The highest BCUT2D eigenvalue weighted by Crippen LogP contribution is 2.48. The first kappa shape index (κ1) is 23.3. The molecule has 2 heterocycles. The molecule has 1 aromatic heterocycles. The van der Waals surface area contributed by atoms with E-state index >= 15 is 0 Å². The second-order valence-corrected chi connectivity index (χ2v) is 11.4. The summed E-state index contributed by atoms with van der Waals surface area (Å²) in [6.07, 6.45) is 15.9. The molecule has 5 aromatic rings. The Morgan fingerprint density at radius 3 is 2.30 bits per heavy atom. The van der Waals surface area contributed by atoms with Crippen LogP contribution >= 0.6 is 0 Å². The molecule has 3 aliphatic rings. The number of para-hydroxylation sites is 2. The predicted octanol–water partition coefficient (Wildman–Crippen LogP) is 9.60. The van der Waals surface area contributed by atoms with Gasteiger partial charge < -0.3 is 9.47 Å². The van der Waals surface area contributed by atoms with Gasteiger partial charge in [-0.15, -0.1) is 0 Å². The molecule has 8 rings (SSSR count). The molecule has 2 aliphatic carbocycles. The molecule has 0 spiro atoms. The summed E-state index contributed by atoms with van der Waals surface area (Å²) in [5.74, 6) is 0.405. The first-order valence-electron chi connectivity index (χ1n) is 14.4. The van der Waals surface area contributed by atoms with Crippen molar-refractivity contribution in [1.29, 1.82) is 0 Å². The minimum atomic E-state index is 0.325. The van der Waals surface area contributed by atoms with Gasteiger partial charge in [0.15, 0.2) is 0 Å². The third-order valence-corrected chi connectivity index (χ3v) is 9.05. The van der Waals surface area contributed by atoms with Crippen molar-refractivity contribution >= 4 is 28.4 Å². The molecule has 2 nitrogen and oxygen atoms in total. The number of anilines is 2. The maximum absolute atomic E-state index is 2.52. The average molecular weight is 517 g/mol. The second-order valence-electron chi connectivity index (χ2n) is 11.4. The van der Waals surface area contributed by atoms with Crippen molar-refractivity contribution in [3.8, 4) is 16.8 Å². The maximum Gasteiger partial charge on any atom is 0.0629 e. The van der Waals surface area contributed by atoms with E-state index in [2.05, 4.69) is 145 Å². The van der Waals surface area contributed by atoms with Crippen molar-refractivity contribution in [3.05, 3.63) is 143 Å². The molecule has 194 valence electrons. The summed E-state index contributed by atoms with van der Waals surface area (Å²) in [6.45, 7) is 4.51. The predicted molar refractivity (Wildman–Crippen MR) is 169 cm³/mol. The topological polar surface area (TPSA) is 8.17 Å². The van der Waals surface area contributed by atoms with Crippen LogP contribution in [0.25, 0.3) is 33.8 Å². The monoisotopic (exact) mass is 516 g/mol. The van der Waals surface area contributed by atoms with E-state index in [1.807, 2.05) is 0 Å². The van der Waals surface area contributed by atoms with Crippen molar-refractivity contribution < 1.29 is 0 Å². The van der Waals surface area contributed by atoms with Gasteiger partial charge in [-0.2, -0.15) is 0 Å². The van der Waals surface area contributed by atoms with Crippen molar-refractivity contribution in [3.63, 3.8) is 0 Å².